The minimum Gasteiger partial charge on any atom is -0.341 e. The fourth-order valence-corrected chi connectivity index (χ4v) is 4.46. The van der Waals surface area contributed by atoms with Gasteiger partial charge in [0.05, 0.1) is 17.4 Å². The first-order chi connectivity index (χ1) is 14.6. The highest BCUT2D eigenvalue weighted by atomic mass is 35.5. The zero-order valence-electron chi connectivity index (χ0n) is 16.4. The highest BCUT2D eigenvalue weighted by Crippen LogP contribution is 2.25. The van der Waals surface area contributed by atoms with Gasteiger partial charge >= 0.3 is 0 Å². The average molecular weight is 442 g/mol. The summed E-state index contributed by atoms with van der Waals surface area (Å²) in [7, 11) is 0. The molecule has 3 heterocycles. The molecule has 0 unspecified atom stereocenters. The number of halogens is 2. The van der Waals surface area contributed by atoms with Gasteiger partial charge in [-0.3, -0.25) is 9.36 Å². The molecule has 0 bridgehead atoms. The van der Waals surface area contributed by atoms with Crippen molar-refractivity contribution in [3.8, 4) is 0 Å². The van der Waals surface area contributed by atoms with Gasteiger partial charge in [0, 0.05) is 23.1 Å². The van der Waals surface area contributed by atoms with Crippen LogP contribution in [0.3, 0.4) is 0 Å². The second-order valence-corrected chi connectivity index (χ2v) is 8.59. The minimum atomic E-state index is -0.134. The van der Waals surface area contributed by atoms with Gasteiger partial charge < -0.3 is 4.90 Å². The van der Waals surface area contributed by atoms with Gasteiger partial charge in [-0.2, -0.15) is 0 Å². The molecule has 2 aromatic carbocycles. The molecule has 1 fully saturated rings. The van der Waals surface area contributed by atoms with Crippen molar-refractivity contribution in [2.24, 2.45) is 0 Å². The lowest BCUT2D eigenvalue weighted by Gasteiger charge is -2.21. The summed E-state index contributed by atoms with van der Waals surface area (Å²) in [5, 5.41) is 10.7. The molecule has 8 heteroatoms. The van der Waals surface area contributed by atoms with E-state index in [0.717, 1.165) is 43.0 Å². The standard InChI is InChI=1S/C22H21Cl2N5O/c23-16-7-5-15(6-8-16)14-28-20(30)18-13-17(24)9-10-19(18)29-21(25-26-22(28)29)27-11-3-1-2-4-12-27/h5-10,13H,1-4,11-12,14H2. The number of hydrogen-bond donors (Lipinski definition) is 0. The van der Waals surface area contributed by atoms with E-state index in [-0.39, 0.29) is 5.56 Å². The van der Waals surface area contributed by atoms with E-state index >= 15 is 0 Å². The van der Waals surface area contributed by atoms with Crippen molar-refractivity contribution in [1.82, 2.24) is 19.2 Å². The maximum Gasteiger partial charge on any atom is 0.263 e. The van der Waals surface area contributed by atoms with Gasteiger partial charge in [0.2, 0.25) is 11.7 Å². The maximum absolute atomic E-state index is 13.4. The van der Waals surface area contributed by atoms with Crippen molar-refractivity contribution >= 4 is 45.8 Å². The number of benzene rings is 2. The van der Waals surface area contributed by atoms with Gasteiger partial charge in [0.1, 0.15) is 0 Å². The number of hydrogen-bond acceptors (Lipinski definition) is 4. The van der Waals surface area contributed by atoms with Crippen LogP contribution in [0.1, 0.15) is 31.2 Å². The van der Waals surface area contributed by atoms with Gasteiger partial charge in [-0.05, 0) is 48.7 Å². The van der Waals surface area contributed by atoms with E-state index in [1.165, 1.54) is 12.8 Å². The summed E-state index contributed by atoms with van der Waals surface area (Å²) in [5.74, 6) is 1.31. The van der Waals surface area contributed by atoms with Crippen LogP contribution in [0.2, 0.25) is 10.0 Å². The normalized spacial score (nSPS) is 15.1. The van der Waals surface area contributed by atoms with E-state index in [1.807, 2.05) is 34.7 Å². The fraction of sp³-hybridized carbons (Fsp3) is 0.318. The lowest BCUT2D eigenvalue weighted by Crippen LogP contribution is -2.28. The molecule has 30 heavy (non-hydrogen) atoms. The Labute approximate surface area is 183 Å². The van der Waals surface area contributed by atoms with Crippen molar-refractivity contribution < 1.29 is 0 Å². The molecular formula is C22H21Cl2N5O. The zero-order valence-corrected chi connectivity index (χ0v) is 17.9. The number of nitrogens with zero attached hydrogens (tertiary/aromatic N) is 5. The molecule has 6 nitrogen and oxygen atoms in total. The number of anilines is 1. The van der Waals surface area contributed by atoms with Gasteiger partial charge in [-0.15, -0.1) is 10.2 Å². The van der Waals surface area contributed by atoms with Crippen LogP contribution in [0.25, 0.3) is 16.7 Å². The molecule has 2 aromatic heterocycles. The lowest BCUT2D eigenvalue weighted by atomic mass is 10.2. The van der Waals surface area contributed by atoms with Crippen LogP contribution in [-0.4, -0.2) is 32.3 Å². The Kier molecular flexibility index (Phi) is 5.13. The van der Waals surface area contributed by atoms with Crippen LogP contribution in [0.15, 0.2) is 47.3 Å². The highest BCUT2D eigenvalue weighted by molar-refractivity contribution is 6.31. The predicted molar refractivity (Wildman–Crippen MR) is 121 cm³/mol. The third-order valence-electron chi connectivity index (χ3n) is 5.69. The molecule has 0 saturated carbocycles. The Morgan fingerprint density at radius 2 is 1.57 bits per heavy atom. The van der Waals surface area contributed by atoms with Crippen molar-refractivity contribution in [3.63, 3.8) is 0 Å². The molecule has 1 aliphatic rings. The molecule has 1 aliphatic heterocycles. The van der Waals surface area contributed by atoms with Crippen molar-refractivity contribution in [2.75, 3.05) is 18.0 Å². The minimum absolute atomic E-state index is 0.134. The Bertz CT molecular complexity index is 1270. The molecule has 5 rings (SSSR count). The Hall–Kier alpha value is -2.57. The van der Waals surface area contributed by atoms with Crippen molar-refractivity contribution in [2.45, 2.75) is 32.2 Å². The van der Waals surface area contributed by atoms with Crippen molar-refractivity contribution in [1.29, 1.82) is 0 Å². The highest BCUT2D eigenvalue weighted by Gasteiger charge is 2.21. The largest absolute Gasteiger partial charge is 0.341 e. The molecule has 0 amide bonds. The summed E-state index contributed by atoms with van der Waals surface area (Å²) in [6, 6.07) is 12.9. The second kappa shape index (κ2) is 7.93. The average Bonchev–Trinajstić information content (AvgIpc) is 3.00. The third kappa shape index (κ3) is 3.44. The topological polar surface area (TPSA) is 55.4 Å². The summed E-state index contributed by atoms with van der Waals surface area (Å²) in [6.45, 7) is 2.25. The Morgan fingerprint density at radius 3 is 2.30 bits per heavy atom. The van der Waals surface area contributed by atoms with E-state index in [1.54, 1.807) is 16.7 Å². The second-order valence-electron chi connectivity index (χ2n) is 7.72. The molecule has 0 aliphatic carbocycles. The summed E-state index contributed by atoms with van der Waals surface area (Å²) in [5.41, 5.74) is 1.60. The maximum atomic E-state index is 13.4. The van der Waals surface area contributed by atoms with E-state index in [2.05, 4.69) is 15.1 Å². The van der Waals surface area contributed by atoms with Crippen LogP contribution >= 0.6 is 23.2 Å². The van der Waals surface area contributed by atoms with Crippen LogP contribution in [0.4, 0.5) is 5.95 Å². The zero-order chi connectivity index (χ0) is 20.7. The van der Waals surface area contributed by atoms with E-state index < -0.39 is 0 Å². The summed E-state index contributed by atoms with van der Waals surface area (Å²) in [6.07, 6.45) is 4.71. The third-order valence-corrected chi connectivity index (χ3v) is 6.18. The number of fused-ring (bicyclic) bond motifs is 3. The summed E-state index contributed by atoms with van der Waals surface area (Å²) >= 11 is 12.3. The monoisotopic (exact) mass is 441 g/mol. The molecule has 0 atom stereocenters. The molecule has 0 N–H and O–H groups in total. The summed E-state index contributed by atoms with van der Waals surface area (Å²) < 4.78 is 3.66. The molecular weight excluding hydrogens is 421 g/mol. The Balaban J connectivity index is 1.75. The lowest BCUT2D eigenvalue weighted by molar-refractivity contribution is 0.726. The SMILES string of the molecule is O=c1c2cc(Cl)ccc2n2c(N3CCCCCC3)nnc2n1Cc1ccc(Cl)cc1. The first kappa shape index (κ1) is 19.4. The van der Waals surface area contributed by atoms with E-state index in [0.29, 0.717) is 27.8 Å². The molecule has 154 valence electrons. The number of rotatable bonds is 3. The van der Waals surface area contributed by atoms with Gasteiger partial charge in [0.15, 0.2) is 0 Å². The van der Waals surface area contributed by atoms with E-state index in [4.69, 9.17) is 23.2 Å². The van der Waals surface area contributed by atoms with Crippen LogP contribution in [-0.2, 0) is 6.54 Å². The molecule has 1 saturated heterocycles. The van der Waals surface area contributed by atoms with Crippen LogP contribution in [0, 0.1) is 0 Å². The number of aromatic nitrogens is 4. The van der Waals surface area contributed by atoms with Crippen molar-refractivity contribution in [3.05, 3.63) is 68.4 Å². The summed E-state index contributed by atoms with van der Waals surface area (Å²) in [4.78, 5) is 15.7. The van der Waals surface area contributed by atoms with Crippen LogP contribution in [0.5, 0.6) is 0 Å². The quantitative estimate of drug-likeness (QED) is 0.458. The van der Waals surface area contributed by atoms with Gasteiger partial charge in [0.25, 0.3) is 5.56 Å². The van der Waals surface area contributed by atoms with Gasteiger partial charge in [-0.1, -0.05) is 48.2 Å². The smallest absolute Gasteiger partial charge is 0.263 e. The predicted octanol–water partition coefficient (Wildman–Crippen LogP) is 4.78. The fourth-order valence-electron chi connectivity index (χ4n) is 4.16. The first-order valence-corrected chi connectivity index (χ1v) is 10.9. The molecule has 0 spiro atoms. The van der Waals surface area contributed by atoms with E-state index in [9.17, 15) is 4.79 Å². The molecule has 4 aromatic rings. The van der Waals surface area contributed by atoms with Crippen LogP contribution < -0.4 is 10.5 Å². The Morgan fingerprint density at radius 1 is 0.867 bits per heavy atom. The first-order valence-electron chi connectivity index (χ1n) is 10.2. The molecule has 0 radical (unpaired) electrons. The van der Waals surface area contributed by atoms with Gasteiger partial charge in [-0.25, -0.2) is 4.40 Å².